The van der Waals surface area contributed by atoms with Crippen LogP contribution in [0.5, 0.6) is 0 Å². The Morgan fingerprint density at radius 2 is 1.55 bits per heavy atom. The largest absolute Gasteiger partial charge is 0.479 e. The van der Waals surface area contributed by atoms with Crippen LogP contribution in [0.1, 0.15) is 85.0 Å². The molecule has 0 amide bonds. The van der Waals surface area contributed by atoms with Gasteiger partial charge in [0.05, 0.1) is 12.2 Å². The van der Waals surface area contributed by atoms with Gasteiger partial charge in [-0.2, -0.15) is 0 Å². The molecular weight excluding hydrogens is 520 g/mol. The topological polar surface area (TPSA) is 174 Å². The third-order valence-electron chi connectivity index (χ3n) is 12.3. The summed E-state index contributed by atoms with van der Waals surface area (Å²) in [6.07, 6.45) is -1.16. The van der Waals surface area contributed by atoms with E-state index in [1.807, 2.05) is 0 Å². The molecule has 5 rings (SSSR count). The summed E-state index contributed by atoms with van der Waals surface area (Å²) in [4.78, 5) is 24.0. The van der Waals surface area contributed by atoms with E-state index in [4.69, 9.17) is 9.47 Å². The van der Waals surface area contributed by atoms with E-state index in [0.29, 0.717) is 36.5 Å². The highest BCUT2D eigenvalue weighted by Gasteiger charge is 2.62. The average Bonchev–Trinajstić information content (AvgIpc) is 3.26. The van der Waals surface area contributed by atoms with Gasteiger partial charge >= 0.3 is 11.9 Å². The van der Waals surface area contributed by atoms with Gasteiger partial charge in [-0.1, -0.05) is 20.8 Å². The fraction of sp³-hybridized carbons (Fsp3) is 0.933. The maximum atomic E-state index is 12.7. The summed E-state index contributed by atoms with van der Waals surface area (Å²) in [6.45, 7) is 6.93. The molecule has 1 aliphatic heterocycles. The van der Waals surface area contributed by atoms with Gasteiger partial charge in [0.1, 0.15) is 18.3 Å². The Hall–Kier alpha value is -1.30. The maximum absolute atomic E-state index is 12.7. The number of esters is 1. The van der Waals surface area contributed by atoms with Gasteiger partial charge in [-0.3, -0.25) is 4.79 Å². The average molecular weight is 569 g/mol. The molecule has 0 aromatic heterocycles. The Kier molecular flexibility index (Phi) is 8.36. The number of aliphatic hydroxyl groups is 5. The maximum Gasteiger partial charge on any atom is 0.335 e. The summed E-state index contributed by atoms with van der Waals surface area (Å²) < 4.78 is 10.3. The van der Waals surface area contributed by atoms with Crippen LogP contribution in [-0.2, 0) is 19.1 Å². The second-order valence-corrected chi connectivity index (χ2v) is 14.2. The van der Waals surface area contributed by atoms with Gasteiger partial charge in [0.25, 0.3) is 0 Å². The Labute approximate surface area is 236 Å². The molecule has 4 saturated carbocycles. The fourth-order valence-electron chi connectivity index (χ4n) is 10.1. The van der Waals surface area contributed by atoms with Crippen molar-refractivity contribution in [3.05, 3.63) is 0 Å². The van der Waals surface area contributed by atoms with E-state index in [9.17, 15) is 40.2 Å². The van der Waals surface area contributed by atoms with Crippen molar-refractivity contribution in [1.82, 2.24) is 0 Å². The molecule has 0 bridgehead atoms. The van der Waals surface area contributed by atoms with Crippen LogP contribution in [-0.4, -0.2) is 85.5 Å². The van der Waals surface area contributed by atoms with Crippen LogP contribution in [0.25, 0.3) is 0 Å². The smallest absolute Gasteiger partial charge is 0.335 e. The second-order valence-electron chi connectivity index (χ2n) is 14.2. The van der Waals surface area contributed by atoms with Gasteiger partial charge in [-0.25, -0.2) is 4.79 Å². The van der Waals surface area contributed by atoms with Crippen LogP contribution < -0.4 is 0 Å². The molecule has 1 saturated heterocycles. The third kappa shape index (κ3) is 5.00. The van der Waals surface area contributed by atoms with Crippen molar-refractivity contribution in [3.63, 3.8) is 0 Å². The lowest BCUT2D eigenvalue weighted by Gasteiger charge is -2.62. The van der Waals surface area contributed by atoms with Crippen molar-refractivity contribution in [3.8, 4) is 0 Å². The minimum atomic E-state index is -1.84. The number of carbonyl (C=O) groups excluding carboxylic acids is 1. The third-order valence-corrected chi connectivity index (χ3v) is 12.3. The van der Waals surface area contributed by atoms with Crippen LogP contribution >= 0.6 is 0 Å². The molecule has 10 nitrogen and oxygen atoms in total. The van der Waals surface area contributed by atoms with Crippen molar-refractivity contribution >= 4 is 11.9 Å². The molecule has 5 fully saturated rings. The van der Waals surface area contributed by atoms with E-state index in [1.54, 1.807) is 0 Å². The highest BCUT2D eigenvalue weighted by molar-refractivity contribution is 5.73. The van der Waals surface area contributed by atoms with Crippen molar-refractivity contribution in [2.75, 3.05) is 0 Å². The van der Waals surface area contributed by atoms with Gasteiger partial charge in [-0.15, -0.1) is 0 Å². The Morgan fingerprint density at radius 1 is 0.875 bits per heavy atom. The summed E-state index contributed by atoms with van der Waals surface area (Å²) >= 11 is 0. The van der Waals surface area contributed by atoms with Gasteiger partial charge in [-0.05, 0) is 104 Å². The molecule has 0 aromatic rings. The monoisotopic (exact) mass is 568 g/mol. The first kappa shape index (κ1) is 30.2. The van der Waals surface area contributed by atoms with Crippen LogP contribution in [0.2, 0.25) is 0 Å². The minimum Gasteiger partial charge on any atom is -0.479 e. The molecule has 15 atom stereocenters. The number of aliphatic hydroxyl groups excluding tert-OH is 5. The standard InChI is InChI=1S/C30H48O10/c1-14(4-7-22(33)39-28-25(36)23(34)24(35)26(40-28)27(37)38)17-5-6-18-16-13-21(32)20-12-15(31)8-10-30(20,3)19(16)9-11-29(17,18)2/h14-21,23-26,28,31-32,34-36H,4-13H2,1-3H3,(H,37,38)/t14-,15+,16+,17-,18+,19+,20+,21+,23+,24+,25-,26+,28-,29-,30-/m1/s1. The number of rotatable bonds is 6. The van der Waals surface area contributed by atoms with Gasteiger partial charge < -0.3 is 40.1 Å². The summed E-state index contributed by atoms with van der Waals surface area (Å²) in [5, 5.41) is 60.7. The SMILES string of the molecule is C[C@H](CCC(=O)O[C@@H]1O[C@H](C(=O)O)[C@@H](O)[C@H](O)[C@H]1O)[C@H]1CC[C@H]2[C@@H]3C[C@H](O)[C@@H]4C[C@@H](O)CC[C@]4(C)[C@H]3CC[C@]12C. The molecule has 4 aliphatic carbocycles. The normalized spacial score (nSPS) is 51.2. The second kappa shape index (κ2) is 11.1. The molecule has 40 heavy (non-hydrogen) atoms. The van der Waals surface area contributed by atoms with Crippen molar-refractivity contribution in [2.24, 2.45) is 46.3 Å². The number of carboxylic acids is 1. The zero-order chi connectivity index (χ0) is 29.1. The molecule has 0 spiro atoms. The van der Waals surface area contributed by atoms with Gasteiger partial charge in [0, 0.05) is 6.42 Å². The van der Waals surface area contributed by atoms with Crippen LogP contribution in [0.3, 0.4) is 0 Å². The van der Waals surface area contributed by atoms with E-state index in [-0.39, 0.29) is 41.3 Å². The lowest BCUT2D eigenvalue weighted by molar-refractivity contribution is -0.286. The van der Waals surface area contributed by atoms with Crippen LogP contribution in [0.15, 0.2) is 0 Å². The van der Waals surface area contributed by atoms with E-state index >= 15 is 0 Å². The van der Waals surface area contributed by atoms with Gasteiger partial charge in [0.15, 0.2) is 6.10 Å². The molecule has 0 radical (unpaired) electrons. The van der Waals surface area contributed by atoms with E-state index < -0.39 is 42.6 Å². The first-order valence-corrected chi connectivity index (χ1v) is 15.3. The number of aliphatic carboxylic acids is 1. The zero-order valence-electron chi connectivity index (χ0n) is 23.9. The van der Waals surface area contributed by atoms with E-state index in [0.717, 1.165) is 44.9 Å². The first-order valence-electron chi connectivity index (χ1n) is 15.3. The van der Waals surface area contributed by atoms with Crippen molar-refractivity contribution in [1.29, 1.82) is 0 Å². The molecule has 5 aliphatic rings. The predicted molar refractivity (Wildman–Crippen MR) is 141 cm³/mol. The lowest BCUT2D eigenvalue weighted by Crippen LogP contribution is -2.60. The molecular formula is C30H48O10. The molecule has 1 heterocycles. The molecule has 6 N–H and O–H groups in total. The quantitative estimate of drug-likeness (QED) is 0.259. The fourth-order valence-corrected chi connectivity index (χ4v) is 10.1. The number of ether oxygens (including phenoxy) is 2. The lowest BCUT2D eigenvalue weighted by atomic mass is 9.44. The zero-order valence-corrected chi connectivity index (χ0v) is 23.9. The number of hydrogen-bond acceptors (Lipinski definition) is 9. The molecule has 0 unspecified atom stereocenters. The van der Waals surface area contributed by atoms with E-state index in [2.05, 4.69) is 20.8 Å². The highest BCUT2D eigenvalue weighted by atomic mass is 16.7. The van der Waals surface area contributed by atoms with Gasteiger partial charge in [0.2, 0.25) is 6.29 Å². The van der Waals surface area contributed by atoms with E-state index in [1.165, 1.54) is 0 Å². The summed E-state index contributed by atoms with van der Waals surface area (Å²) in [6, 6.07) is 0. The molecule has 0 aromatic carbocycles. The summed E-state index contributed by atoms with van der Waals surface area (Å²) in [5.74, 6) is 0.220. The minimum absolute atomic E-state index is 0.0637. The predicted octanol–water partition coefficient (Wildman–Crippen LogP) is 1.83. The molecule has 10 heteroatoms. The number of hydrogen-bond donors (Lipinski definition) is 6. The number of fused-ring (bicyclic) bond motifs is 5. The number of carboxylic acid groups (broad SMARTS) is 1. The highest BCUT2D eigenvalue weighted by Crippen LogP contribution is 2.68. The Balaban J connectivity index is 1.19. The van der Waals surface area contributed by atoms with Crippen LogP contribution in [0.4, 0.5) is 0 Å². The van der Waals surface area contributed by atoms with Crippen molar-refractivity contribution in [2.45, 2.75) is 128 Å². The van der Waals surface area contributed by atoms with Crippen LogP contribution in [0, 0.1) is 46.3 Å². The summed E-state index contributed by atoms with van der Waals surface area (Å²) in [7, 11) is 0. The Morgan fingerprint density at radius 3 is 2.25 bits per heavy atom. The summed E-state index contributed by atoms with van der Waals surface area (Å²) in [5.41, 5.74) is 0.199. The van der Waals surface area contributed by atoms with Crippen molar-refractivity contribution < 1.29 is 49.7 Å². The molecule has 228 valence electrons. The Bertz CT molecular complexity index is 959. The number of carbonyl (C=O) groups is 2. The first-order chi connectivity index (χ1) is 18.8.